The van der Waals surface area contributed by atoms with Crippen molar-refractivity contribution in [3.05, 3.63) is 0 Å². The molecule has 0 aliphatic rings. The van der Waals surface area contributed by atoms with Gasteiger partial charge in [-0.15, -0.1) is 0 Å². The summed E-state index contributed by atoms with van der Waals surface area (Å²) < 4.78 is 0. The smallest absolute Gasteiger partial charge is 0.0635 e. The predicted octanol–water partition coefficient (Wildman–Crippen LogP) is 0.990. The van der Waals surface area contributed by atoms with Crippen molar-refractivity contribution in [3.8, 4) is 6.07 Å². The van der Waals surface area contributed by atoms with E-state index in [2.05, 4.69) is 13.0 Å². The minimum atomic E-state index is 0. The first kappa shape index (κ1) is 16.0. The number of hydrogen-bond acceptors (Lipinski definition) is 3. The van der Waals surface area contributed by atoms with Gasteiger partial charge in [0.2, 0.25) is 0 Å². The van der Waals surface area contributed by atoms with Crippen LogP contribution >= 0.6 is 0 Å². The second-order valence-corrected chi connectivity index (χ2v) is 3.01. The van der Waals surface area contributed by atoms with E-state index in [4.69, 9.17) is 10.4 Å². The van der Waals surface area contributed by atoms with E-state index in [0.29, 0.717) is 6.42 Å². The molecule has 0 aromatic heterocycles. The molecule has 0 spiro atoms. The fraction of sp³-hybridized carbons (Fsp3) is 0.889. The van der Waals surface area contributed by atoms with Crippen LogP contribution in [0.15, 0.2) is 0 Å². The maximum absolute atomic E-state index is 9.00. The SMILES string of the molecule is CCCC(CO)N(C)CCC#N.[Y]. The van der Waals surface area contributed by atoms with Gasteiger partial charge in [-0.05, 0) is 13.5 Å². The van der Waals surface area contributed by atoms with Crippen molar-refractivity contribution >= 4 is 0 Å². The Morgan fingerprint density at radius 3 is 2.54 bits per heavy atom. The number of aliphatic hydroxyl groups is 1. The molecule has 4 heteroatoms. The fourth-order valence-electron chi connectivity index (χ4n) is 1.19. The van der Waals surface area contributed by atoms with Crippen LogP contribution in [0.25, 0.3) is 0 Å². The monoisotopic (exact) mass is 259 g/mol. The molecule has 0 aliphatic heterocycles. The Labute approximate surface area is 106 Å². The van der Waals surface area contributed by atoms with Crippen molar-refractivity contribution in [2.24, 2.45) is 0 Å². The summed E-state index contributed by atoms with van der Waals surface area (Å²) in [6, 6.07) is 2.32. The zero-order chi connectivity index (χ0) is 9.40. The number of likely N-dealkylation sites (N-methyl/N-ethyl adjacent to an activating group) is 1. The van der Waals surface area contributed by atoms with Crippen LogP contribution in [0.5, 0.6) is 0 Å². The van der Waals surface area contributed by atoms with Crippen molar-refractivity contribution in [1.29, 1.82) is 5.26 Å². The number of aliphatic hydroxyl groups excluding tert-OH is 1. The first-order valence-corrected chi connectivity index (χ1v) is 4.44. The summed E-state index contributed by atoms with van der Waals surface area (Å²) in [5, 5.41) is 17.4. The summed E-state index contributed by atoms with van der Waals surface area (Å²) in [5.74, 6) is 0. The van der Waals surface area contributed by atoms with Crippen LogP contribution in [-0.4, -0.2) is 36.2 Å². The van der Waals surface area contributed by atoms with E-state index < -0.39 is 0 Å². The molecular formula is C9H18N2OY. The molecule has 0 saturated heterocycles. The summed E-state index contributed by atoms with van der Waals surface area (Å²) in [5.41, 5.74) is 0. The van der Waals surface area contributed by atoms with Gasteiger partial charge < -0.3 is 10.0 Å². The largest absolute Gasteiger partial charge is 0.395 e. The molecule has 13 heavy (non-hydrogen) atoms. The van der Waals surface area contributed by atoms with E-state index in [9.17, 15) is 0 Å². The van der Waals surface area contributed by atoms with E-state index in [0.717, 1.165) is 19.4 Å². The van der Waals surface area contributed by atoms with Crippen LogP contribution in [0, 0.1) is 11.3 Å². The quantitative estimate of drug-likeness (QED) is 0.773. The first-order chi connectivity index (χ1) is 5.76. The Morgan fingerprint density at radius 2 is 2.15 bits per heavy atom. The molecule has 0 aromatic rings. The van der Waals surface area contributed by atoms with Gasteiger partial charge >= 0.3 is 0 Å². The van der Waals surface area contributed by atoms with Crippen molar-refractivity contribution in [1.82, 2.24) is 4.90 Å². The van der Waals surface area contributed by atoms with Gasteiger partial charge in [0.1, 0.15) is 0 Å². The normalized spacial score (nSPS) is 11.9. The van der Waals surface area contributed by atoms with Gasteiger partial charge in [0, 0.05) is 51.7 Å². The van der Waals surface area contributed by atoms with E-state index in [-0.39, 0.29) is 45.4 Å². The molecule has 0 saturated carbocycles. The Balaban J connectivity index is 0. The molecular weight excluding hydrogens is 241 g/mol. The minimum absolute atomic E-state index is 0. The third kappa shape index (κ3) is 7.57. The van der Waals surface area contributed by atoms with Gasteiger partial charge in [0.25, 0.3) is 0 Å². The third-order valence-corrected chi connectivity index (χ3v) is 2.03. The molecule has 1 atom stereocenters. The van der Waals surface area contributed by atoms with Crippen molar-refractivity contribution in [2.45, 2.75) is 32.2 Å². The Hall–Kier alpha value is 0.514. The summed E-state index contributed by atoms with van der Waals surface area (Å²) in [4.78, 5) is 2.05. The zero-order valence-corrected chi connectivity index (χ0v) is 11.4. The number of hydrogen-bond donors (Lipinski definition) is 1. The van der Waals surface area contributed by atoms with E-state index in [1.807, 2.05) is 11.9 Å². The van der Waals surface area contributed by atoms with E-state index >= 15 is 0 Å². The number of nitrogens with zero attached hydrogens (tertiary/aromatic N) is 2. The van der Waals surface area contributed by atoms with Crippen LogP contribution in [0.2, 0.25) is 0 Å². The Morgan fingerprint density at radius 1 is 1.54 bits per heavy atom. The summed E-state index contributed by atoms with van der Waals surface area (Å²) >= 11 is 0. The molecule has 0 rings (SSSR count). The molecule has 0 bridgehead atoms. The topological polar surface area (TPSA) is 47.3 Å². The molecule has 0 heterocycles. The van der Waals surface area contributed by atoms with Gasteiger partial charge in [-0.3, -0.25) is 0 Å². The van der Waals surface area contributed by atoms with Crippen LogP contribution in [0.1, 0.15) is 26.2 Å². The minimum Gasteiger partial charge on any atom is -0.395 e. The van der Waals surface area contributed by atoms with Gasteiger partial charge in [-0.2, -0.15) is 5.26 Å². The van der Waals surface area contributed by atoms with Crippen molar-refractivity contribution < 1.29 is 37.8 Å². The van der Waals surface area contributed by atoms with E-state index in [1.54, 1.807) is 0 Å². The van der Waals surface area contributed by atoms with Gasteiger partial charge in [-0.25, -0.2) is 0 Å². The molecule has 0 aliphatic carbocycles. The Kier molecular flexibility index (Phi) is 13.0. The standard InChI is InChI=1S/C9H18N2O.Y/c1-3-5-9(8-12)11(2)7-4-6-10;/h9,12H,3-5,7-8H2,1-2H3;. The third-order valence-electron chi connectivity index (χ3n) is 2.03. The van der Waals surface area contributed by atoms with Crippen LogP contribution < -0.4 is 0 Å². The van der Waals surface area contributed by atoms with Crippen LogP contribution in [0.4, 0.5) is 0 Å². The maximum Gasteiger partial charge on any atom is 0.0635 e. The second kappa shape index (κ2) is 10.6. The molecule has 0 aromatic carbocycles. The molecule has 73 valence electrons. The fourth-order valence-corrected chi connectivity index (χ4v) is 1.19. The van der Waals surface area contributed by atoms with Crippen LogP contribution in [-0.2, 0) is 32.7 Å². The molecule has 1 unspecified atom stereocenters. The van der Waals surface area contributed by atoms with Crippen molar-refractivity contribution in [2.75, 3.05) is 20.2 Å². The molecule has 0 fully saturated rings. The zero-order valence-electron chi connectivity index (χ0n) is 8.53. The first-order valence-electron chi connectivity index (χ1n) is 4.44. The van der Waals surface area contributed by atoms with Crippen LogP contribution in [0.3, 0.4) is 0 Å². The summed E-state index contributed by atoms with van der Waals surface area (Å²) in [6.07, 6.45) is 2.61. The number of nitriles is 1. The molecule has 3 nitrogen and oxygen atoms in total. The van der Waals surface area contributed by atoms with Gasteiger partial charge in [0.15, 0.2) is 0 Å². The second-order valence-electron chi connectivity index (χ2n) is 3.01. The molecule has 0 amide bonds. The number of rotatable bonds is 6. The van der Waals surface area contributed by atoms with Gasteiger partial charge in [-0.1, -0.05) is 13.3 Å². The van der Waals surface area contributed by atoms with Gasteiger partial charge in [0.05, 0.1) is 12.7 Å². The Bertz CT molecular complexity index is 147. The summed E-state index contributed by atoms with van der Waals surface area (Å²) in [7, 11) is 1.95. The molecule has 1 N–H and O–H groups in total. The molecule has 1 radical (unpaired) electrons. The average molecular weight is 259 g/mol. The van der Waals surface area contributed by atoms with E-state index in [1.165, 1.54) is 0 Å². The van der Waals surface area contributed by atoms with Crippen molar-refractivity contribution in [3.63, 3.8) is 0 Å². The maximum atomic E-state index is 9.00. The average Bonchev–Trinajstić information content (AvgIpc) is 2.10. The summed E-state index contributed by atoms with van der Waals surface area (Å²) in [6.45, 7) is 3.04. The predicted molar refractivity (Wildman–Crippen MR) is 48.6 cm³/mol.